The minimum atomic E-state index is 0.577. The van der Waals surface area contributed by atoms with Crippen molar-refractivity contribution >= 4 is 39.1 Å². The molecule has 0 fully saturated rings. The molecule has 0 bridgehead atoms. The van der Waals surface area contributed by atoms with Crippen molar-refractivity contribution in [3.63, 3.8) is 0 Å². The SMILES string of the molecule is Cc1c(-c2nnc(SCC(C)C)o2)sc2nc3ccccc3n12. The van der Waals surface area contributed by atoms with Crippen LogP contribution in [0.2, 0.25) is 0 Å². The van der Waals surface area contributed by atoms with E-state index in [9.17, 15) is 0 Å². The number of hydrogen-bond donors (Lipinski definition) is 0. The van der Waals surface area contributed by atoms with Crippen LogP contribution < -0.4 is 0 Å². The summed E-state index contributed by atoms with van der Waals surface area (Å²) in [5.41, 5.74) is 3.20. The number of benzene rings is 1. The maximum Gasteiger partial charge on any atom is 0.276 e. The summed E-state index contributed by atoms with van der Waals surface area (Å²) in [5.74, 6) is 2.14. The summed E-state index contributed by atoms with van der Waals surface area (Å²) in [4.78, 5) is 6.62. The average Bonchev–Trinajstić information content (AvgIpc) is 3.20. The molecule has 0 radical (unpaired) electrons. The molecule has 0 N–H and O–H groups in total. The predicted molar refractivity (Wildman–Crippen MR) is 94.2 cm³/mol. The fourth-order valence-corrected chi connectivity index (χ4v) is 4.23. The summed E-state index contributed by atoms with van der Waals surface area (Å²) in [7, 11) is 0. The third-order valence-corrected chi connectivity index (χ3v) is 5.90. The first-order valence-corrected chi connectivity index (χ1v) is 9.27. The molecule has 4 aromatic rings. The van der Waals surface area contributed by atoms with E-state index in [1.54, 1.807) is 23.1 Å². The van der Waals surface area contributed by atoms with Crippen molar-refractivity contribution in [3.05, 3.63) is 30.0 Å². The minimum absolute atomic E-state index is 0.577. The van der Waals surface area contributed by atoms with Crippen LogP contribution in [-0.4, -0.2) is 25.3 Å². The molecule has 5 nitrogen and oxygen atoms in total. The Morgan fingerprint density at radius 1 is 1.26 bits per heavy atom. The standard InChI is InChI=1S/C16H16N4OS2/c1-9(2)8-22-16-19-18-14(21-16)13-10(3)20-12-7-5-4-6-11(12)17-15(20)23-13/h4-7,9H,8H2,1-3H3. The van der Waals surface area contributed by atoms with Gasteiger partial charge in [-0.2, -0.15) is 0 Å². The number of rotatable bonds is 4. The molecule has 0 atom stereocenters. The van der Waals surface area contributed by atoms with E-state index in [1.165, 1.54) is 0 Å². The summed E-state index contributed by atoms with van der Waals surface area (Å²) in [6.45, 7) is 6.42. The highest BCUT2D eigenvalue weighted by atomic mass is 32.2. The van der Waals surface area contributed by atoms with Crippen molar-refractivity contribution in [2.45, 2.75) is 26.0 Å². The summed E-state index contributed by atoms with van der Waals surface area (Å²) in [6.07, 6.45) is 0. The van der Waals surface area contributed by atoms with Gasteiger partial charge in [0.05, 0.1) is 11.0 Å². The monoisotopic (exact) mass is 344 g/mol. The predicted octanol–water partition coefficient (Wildman–Crippen LogP) is 4.66. The van der Waals surface area contributed by atoms with E-state index in [4.69, 9.17) is 4.42 Å². The van der Waals surface area contributed by atoms with E-state index in [0.29, 0.717) is 17.0 Å². The molecule has 0 amide bonds. The van der Waals surface area contributed by atoms with Gasteiger partial charge in [-0.3, -0.25) is 4.40 Å². The number of thiazole rings is 1. The zero-order valence-corrected chi connectivity index (χ0v) is 14.7. The number of aromatic nitrogens is 4. The van der Waals surface area contributed by atoms with Crippen LogP contribution in [0.3, 0.4) is 0 Å². The van der Waals surface area contributed by atoms with Gasteiger partial charge in [0.2, 0.25) is 0 Å². The number of nitrogens with zero attached hydrogens (tertiary/aromatic N) is 4. The van der Waals surface area contributed by atoms with E-state index in [-0.39, 0.29) is 0 Å². The van der Waals surface area contributed by atoms with Crippen LogP contribution in [0.4, 0.5) is 0 Å². The summed E-state index contributed by atoms with van der Waals surface area (Å²) in [6, 6.07) is 8.14. The zero-order chi connectivity index (χ0) is 16.0. The van der Waals surface area contributed by atoms with Crippen molar-refractivity contribution < 1.29 is 4.42 Å². The Morgan fingerprint density at radius 2 is 2.09 bits per heavy atom. The highest BCUT2D eigenvalue weighted by molar-refractivity contribution is 7.99. The number of imidazole rings is 1. The smallest absolute Gasteiger partial charge is 0.276 e. The van der Waals surface area contributed by atoms with Gasteiger partial charge in [-0.25, -0.2) is 4.98 Å². The van der Waals surface area contributed by atoms with Crippen LogP contribution >= 0.6 is 23.1 Å². The van der Waals surface area contributed by atoms with E-state index in [2.05, 4.69) is 46.4 Å². The lowest BCUT2D eigenvalue weighted by Gasteiger charge is -1.98. The molecular weight excluding hydrogens is 328 g/mol. The van der Waals surface area contributed by atoms with Crippen molar-refractivity contribution in [2.75, 3.05) is 5.75 Å². The molecule has 3 aromatic heterocycles. The lowest BCUT2D eigenvalue weighted by Crippen LogP contribution is -1.89. The Hall–Kier alpha value is -1.86. The Bertz CT molecular complexity index is 983. The normalized spacial score (nSPS) is 12.0. The second kappa shape index (κ2) is 5.65. The van der Waals surface area contributed by atoms with Gasteiger partial charge in [-0.15, -0.1) is 10.2 Å². The molecule has 23 heavy (non-hydrogen) atoms. The maximum absolute atomic E-state index is 5.82. The largest absolute Gasteiger partial charge is 0.410 e. The molecule has 7 heteroatoms. The number of para-hydroxylation sites is 2. The Kier molecular flexibility index (Phi) is 3.61. The molecule has 0 spiro atoms. The van der Waals surface area contributed by atoms with Crippen LogP contribution in [0.25, 0.3) is 26.8 Å². The number of thioether (sulfide) groups is 1. The van der Waals surface area contributed by atoms with Crippen molar-refractivity contribution in [1.29, 1.82) is 0 Å². The van der Waals surface area contributed by atoms with Crippen LogP contribution in [0.1, 0.15) is 19.5 Å². The summed E-state index contributed by atoms with van der Waals surface area (Å²) < 4.78 is 7.98. The van der Waals surface area contributed by atoms with Crippen LogP contribution in [0, 0.1) is 12.8 Å². The van der Waals surface area contributed by atoms with Crippen molar-refractivity contribution in [3.8, 4) is 10.8 Å². The molecule has 4 rings (SSSR count). The third-order valence-electron chi connectivity index (χ3n) is 3.53. The van der Waals surface area contributed by atoms with Crippen LogP contribution in [0.5, 0.6) is 0 Å². The minimum Gasteiger partial charge on any atom is -0.410 e. The highest BCUT2D eigenvalue weighted by Crippen LogP contribution is 2.35. The van der Waals surface area contributed by atoms with Gasteiger partial charge < -0.3 is 4.42 Å². The average molecular weight is 344 g/mol. The highest BCUT2D eigenvalue weighted by Gasteiger charge is 2.19. The van der Waals surface area contributed by atoms with Gasteiger partial charge >= 0.3 is 0 Å². The Labute approximate surface area is 141 Å². The quantitative estimate of drug-likeness (QED) is 0.504. The van der Waals surface area contributed by atoms with E-state index in [0.717, 1.165) is 32.3 Å². The molecule has 0 aliphatic rings. The number of aryl methyl sites for hydroxylation is 1. The van der Waals surface area contributed by atoms with Crippen molar-refractivity contribution in [1.82, 2.24) is 19.6 Å². The van der Waals surface area contributed by atoms with Crippen LogP contribution in [-0.2, 0) is 0 Å². The Balaban J connectivity index is 1.76. The first-order chi connectivity index (χ1) is 11.1. The number of hydrogen-bond acceptors (Lipinski definition) is 6. The van der Waals surface area contributed by atoms with E-state index < -0.39 is 0 Å². The van der Waals surface area contributed by atoms with E-state index in [1.807, 2.05) is 18.2 Å². The fraction of sp³-hybridized carbons (Fsp3) is 0.312. The first-order valence-electron chi connectivity index (χ1n) is 7.46. The summed E-state index contributed by atoms with van der Waals surface area (Å²) in [5, 5.41) is 8.99. The lowest BCUT2D eigenvalue weighted by atomic mass is 10.3. The molecule has 118 valence electrons. The second-order valence-corrected chi connectivity index (χ2v) is 7.76. The molecule has 1 aromatic carbocycles. The molecule has 0 unspecified atom stereocenters. The lowest BCUT2D eigenvalue weighted by molar-refractivity contribution is 0.465. The second-order valence-electron chi connectivity index (χ2n) is 5.81. The van der Waals surface area contributed by atoms with Gasteiger partial charge in [-0.1, -0.05) is 49.1 Å². The van der Waals surface area contributed by atoms with Gasteiger partial charge in [0, 0.05) is 11.4 Å². The maximum atomic E-state index is 5.82. The third kappa shape index (κ3) is 2.53. The molecule has 0 saturated heterocycles. The molecule has 0 aliphatic carbocycles. The zero-order valence-electron chi connectivity index (χ0n) is 13.1. The molecule has 0 saturated carbocycles. The van der Waals surface area contributed by atoms with Crippen molar-refractivity contribution in [2.24, 2.45) is 5.92 Å². The van der Waals surface area contributed by atoms with E-state index >= 15 is 0 Å². The van der Waals surface area contributed by atoms with Gasteiger partial charge in [-0.05, 0) is 25.0 Å². The number of fused-ring (bicyclic) bond motifs is 3. The molecule has 3 heterocycles. The molecule has 0 aliphatic heterocycles. The fourth-order valence-electron chi connectivity index (χ4n) is 2.46. The van der Waals surface area contributed by atoms with Gasteiger partial charge in [0.1, 0.15) is 4.88 Å². The Morgan fingerprint density at radius 3 is 2.91 bits per heavy atom. The first kappa shape index (κ1) is 14.7. The molecular formula is C16H16N4OS2. The topological polar surface area (TPSA) is 56.2 Å². The van der Waals surface area contributed by atoms with Gasteiger partial charge in [0.25, 0.3) is 11.1 Å². The van der Waals surface area contributed by atoms with Crippen LogP contribution in [0.15, 0.2) is 33.9 Å². The van der Waals surface area contributed by atoms with Gasteiger partial charge in [0.15, 0.2) is 4.96 Å². The summed E-state index contributed by atoms with van der Waals surface area (Å²) >= 11 is 3.19.